The van der Waals surface area contributed by atoms with Gasteiger partial charge in [0.25, 0.3) is 0 Å². The van der Waals surface area contributed by atoms with E-state index in [-0.39, 0.29) is 36.5 Å². The van der Waals surface area contributed by atoms with Crippen molar-refractivity contribution < 1.29 is 36.5 Å². The van der Waals surface area contributed by atoms with Crippen molar-refractivity contribution in [2.75, 3.05) is 0 Å². The summed E-state index contributed by atoms with van der Waals surface area (Å²) in [7, 11) is 0. The Labute approximate surface area is 71.3 Å². The molecule has 0 bridgehead atoms. The van der Waals surface area contributed by atoms with Crippen LogP contribution in [0.25, 0.3) is 0 Å². The molecule has 0 amide bonds. The number of aromatic nitrogens is 2. The Morgan fingerprint density at radius 1 is 1.12 bits per heavy atom. The van der Waals surface area contributed by atoms with E-state index in [1.54, 1.807) is 18.5 Å². The van der Waals surface area contributed by atoms with E-state index < -0.39 is 0 Å². The monoisotopic (exact) mass is 244 g/mol. The van der Waals surface area contributed by atoms with Crippen molar-refractivity contribution in [2.45, 2.75) is 0 Å². The van der Waals surface area contributed by atoms with Crippen LogP contribution in [0.2, 0.25) is 0 Å². The zero-order valence-corrected chi connectivity index (χ0v) is 6.46. The molecular formula is C4H3CuN2Ru. The molecule has 0 unspecified atom stereocenters. The van der Waals surface area contributed by atoms with Gasteiger partial charge in [-0.05, 0) is 0 Å². The number of hydrogen-bond donors (Lipinski definition) is 0. The topological polar surface area (TPSA) is 25.8 Å². The fourth-order valence-corrected chi connectivity index (χ4v) is 0.225. The van der Waals surface area contributed by atoms with Crippen LogP contribution in [0, 0.1) is 6.33 Å². The minimum atomic E-state index is 0. The SMILES string of the molecule is [Cu].[Ru+].[c-]1ncccn1. The summed E-state index contributed by atoms with van der Waals surface area (Å²) in [6.45, 7) is 0. The Morgan fingerprint density at radius 2 is 1.62 bits per heavy atom. The number of rotatable bonds is 0. The predicted octanol–water partition coefficient (Wildman–Crippen LogP) is 0.272. The van der Waals surface area contributed by atoms with Crippen molar-refractivity contribution in [3.8, 4) is 0 Å². The van der Waals surface area contributed by atoms with E-state index >= 15 is 0 Å². The van der Waals surface area contributed by atoms with Crippen LogP contribution in [0.15, 0.2) is 18.5 Å². The van der Waals surface area contributed by atoms with Gasteiger partial charge >= 0.3 is 19.5 Å². The van der Waals surface area contributed by atoms with Crippen LogP contribution in [0.4, 0.5) is 0 Å². The minimum Gasteiger partial charge on any atom is -0.374 e. The molecule has 1 rings (SSSR count). The van der Waals surface area contributed by atoms with Crippen molar-refractivity contribution in [3.05, 3.63) is 24.8 Å². The third kappa shape index (κ3) is 4.38. The van der Waals surface area contributed by atoms with Crippen molar-refractivity contribution >= 4 is 0 Å². The summed E-state index contributed by atoms with van der Waals surface area (Å²) in [5, 5.41) is 0. The van der Waals surface area contributed by atoms with Crippen molar-refractivity contribution in [1.82, 2.24) is 9.97 Å². The van der Waals surface area contributed by atoms with Crippen molar-refractivity contribution in [2.24, 2.45) is 0 Å². The molecule has 0 fully saturated rings. The van der Waals surface area contributed by atoms with Gasteiger partial charge in [-0.2, -0.15) is 0 Å². The first-order valence-electron chi connectivity index (χ1n) is 1.63. The predicted molar refractivity (Wildman–Crippen MR) is 20.9 cm³/mol. The quantitative estimate of drug-likeness (QED) is 0.483. The molecule has 2 radical (unpaired) electrons. The van der Waals surface area contributed by atoms with E-state index in [1.807, 2.05) is 0 Å². The summed E-state index contributed by atoms with van der Waals surface area (Å²) in [5.41, 5.74) is 0. The molecule has 0 aliphatic rings. The summed E-state index contributed by atoms with van der Waals surface area (Å²) in [5.74, 6) is 0. The number of nitrogens with zero attached hydrogens (tertiary/aromatic N) is 2. The normalized spacial score (nSPS) is 6.00. The Balaban J connectivity index is 0. The average Bonchev–Trinajstić information content (AvgIpc) is 1.72. The fraction of sp³-hybridized carbons (Fsp3) is 0. The largest absolute Gasteiger partial charge is 1.00 e. The minimum absolute atomic E-state index is 0. The summed E-state index contributed by atoms with van der Waals surface area (Å²) < 4.78 is 0. The standard InChI is InChI=1S/C4H3N2.Cu.Ru/c1-2-5-4-6-3-1;;/h1-3H;;/q-1;;+1. The first kappa shape index (κ1) is 11.1. The van der Waals surface area contributed by atoms with Crippen molar-refractivity contribution in [1.29, 1.82) is 0 Å². The molecule has 1 aromatic heterocycles. The Morgan fingerprint density at radius 3 is 1.75 bits per heavy atom. The first-order valence-corrected chi connectivity index (χ1v) is 1.63. The molecule has 0 atom stereocenters. The van der Waals surface area contributed by atoms with Gasteiger partial charge in [-0.25, -0.2) is 0 Å². The second-order valence-corrected chi connectivity index (χ2v) is 0.849. The van der Waals surface area contributed by atoms with Gasteiger partial charge < -0.3 is 9.97 Å². The second kappa shape index (κ2) is 7.22. The fourth-order valence-electron chi connectivity index (χ4n) is 0.225. The van der Waals surface area contributed by atoms with Gasteiger partial charge in [0, 0.05) is 23.4 Å². The van der Waals surface area contributed by atoms with Gasteiger partial charge in [-0.15, -0.1) is 6.07 Å². The zero-order chi connectivity index (χ0) is 4.24. The van der Waals surface area contributed by atoms with Crippen LogP contribution in [0.5, 0.6) is 0 Å². The molecule has 0 saturated heterocycles. The van der Waals surface area contributed by atoms with Crippen LogP contribution in [0.3, 0.4) is 0 Å². The zero-order valence-electron chi connectivity index (χ0n) is 3.78. The van der Waals surface area contributed by atoms with Gasteiger partial charge in [0.15, 0.2) is 0 Å². The maximum Gasteiger partial charge on any atom is 1.00 e. The molecule has 0 aromatic carbocycles. The molecule has 0 spiro atoms. The Hall–Kier alpha value is 0.223. The Bertz CT molecular complexity index is 86.0. The summed E-state index contributed by atoms with van der Waals surface area (Å²) in [6.07, 6.45) is 5.66. The molecule has 0 aliphatic heterocycles. The third-order valence-corrected chi connectivity index (χ3v) is 0.437. The van der Waals surface area contributed by atoms with Gasteiger partial charge in [0.1, 0.15) is 0 Å². The summed E-state index contributed by atoms with van der Waals surface area (Å²) >= 11 is 0. The molecule has 4 heteroatoms. The van der Waals surface area contributed by atoms with Crippen molar-refractivity contribution in [3.63, 3.8) is 0 Å². The maximum atomic E-state index is 3.55. The second-order valence-electron chi connectivity index (χ2n) is 0.849. The smallest absolute Gasteiger partial charge is 0.374 e. The van der Waals surface area contributed by atoms with Gasteiger partial charge in [-0.1, -0.05) is 12.4 Å². The first-order chi connectivity index (χ1) is 3.00. The van der Waals surface area contributed by atoms with E-state index in [9.17, 15) is 0 Å². The van der Waals surface area contributed by atoms with Gasteiger partial charge in [0.05, 0.1) is 0 Å². The van der Waals surface area contributed by atoms with Crippen LogP contribution >= 0.6 is 0 Å². The molecule has 1 aromatic rings. The van der Waals surface area contributed by atoms with Crippen LogP contribution in [0.1, 0.15) is 0 Å². The molecule has 8 heavy (non-hydrogen) atoms. The number of hydrogen-bond acceptors (Lipinski definition) is 2. The van der Waals surface area contributed by atoms with E-state index in [1.165, 1.54) is 0 Å². The molecular weight excluding hydrogens is 241 g/mol. The van der Waals surface area contributed by atoms with E-state index in [0.717, 1.165) is 0 Å². The molecule has 48 valence electrons. The molecule has 0 N–H and O–H groups in total. The average molecular weight is 244 g/mol. The van der Waals surface area contributed by atoms with Gasteiger partial charge in [0.2, 0.25) is 0 Å². The molecule has 0 saturated carbocycles. The third-order valence-electron chi connectivity index (χ3n) is 0.437. The summed E-state index contributed by atoms with van der Waals surface area (Å²) in [6, 6.07) is 1.75. The van der Waals surface area contributed by atoms with Crippen LogP contribution < -0.4 is 0 Å². The van der Waals surface area contributed by atoms with E-state index in [0.29, 0.717) is 0 Å². The Kier molecular flexibility index (Phi) is 10.0. The summed E-state index contributed by atoms with van der Waals surface area (Å²) in [4.78, 5) is 7.10. The molecule has 2 nitrogen and oxygen atoms in total. The maximum absolute atomic E-state index is 3.55. The molecule has 1 heterocycles. The van der Waals surface area contributed by atoms with E-state index in [4.69, 9.17) is 0 Å². The van der Waals surface area contributed by atoms with E-state index in [2.05, 4.69) is 16.3 Å². The van der Waals surface area contributed by atoms with Crippen LogP contribution in [-0.2, 0) is 36.5 Å². The van der Waals surface area contributed by atoms with Crippen LogP contribution in [-0.4, -0.2) is 9.97 Å². The van der Waals surface area contributed by atoms with Gasteiger partial charge in [-0.3, -0.25) is 0 Å². The molecule has 0 aliphatic carbocycles.